The van der Waals surface area contributed by atoms with Crippen LogP contribution in [-0.4, -0.2) is 5.91 Å². The van der Waals surface area contributed by atoms with Crippen molar-refractivity contribution < 1.29 is 22.4 Å². The number of carbonyl (C=O) groups is 1. The highest BCUT2D eigenvalue weighted by Gasteiger charge is 2.31. The van der Waals surface area contributed by atoms with Crippen molar-refractivity contribution in [3.63, 3.8) is 0 Å². The van der Waals surface area contributed by atoms with Gasteiger partial charge in [0, 0.05) is 16.1 Å². The fourth-order valence-corrected chi connectivity index (χ4v) is 3.30. The van der Waals surface area contributed by atoms with Gasteiger partial charge >= 0.3 is 6.18 Å². The van der Waals surface area contributed by atoms with Gasteiger partial charge in [-0.3, -0.25) is 4.79 Å². The minimum atomic E-state index is -4.50. The van der Waals surface area contributed by atoms with Crippen molar-refractivity contribution in [3.8, 4) is 11.3 Å². The monoisotopic (exact) mass is 423 g/mol. The first-order valence-corrected chi connectivity index (χ1v) is 8.78. The molecule has 2 aromatic carbocycles. The molecule has 0 spiro atoms. The lowest BCUT2D eigenvalue weighted by atomic mass is 10.1. The molecular weight excluding hydrogens is 414 g/mol. The second-order valence-electron chi connectivity index (χ2n) is 6.10. The molecule has 0 aliphatic carbocycles. The van der Waals surface area contributed by atoms with Gasteiger partial charge in [-0.15, -0.1) is 0 Å². The Labute approximate surface area is 167 Å². The molecule has 8 heteroatoms. The van der Waals surface area contributed by atoms with Crippen LogP contribution < -0.4 is 5.32 Å². The number of fused-ring (bicyclic) bond motifs is 1. The first-order chi connectivity index (χ1) is 13.2. The van der Waals surface area contributed by atoms with E-state index in [1.165, 1.54) is 18.2 Å². The summed E-state index contributed by atoms with van der Waals surface area (Å²) in [4.78, 5) is 12.2. The molecule has 0 saturated heterocycles. The van der Waals surface area contributed by atoms with E-state index in [-0.39, 0.29) is 22.3 Å². The van der Waals surface area contributed by atoms with E-state index < -0.39 is 11.7 Å². The third kappa shape index (κ3) is 3.41. The first-order valence-electron chi connectivity index (χ1n) is 8.02. The van der Waals surface area contributed by atoms with E-state index in [0.29, 0.717) is 27.6 Å². The van der Waals surface area contributed by atoms with Crippen LogP contribution in [0.2, 0.25) is 10.0 Å². The van der Waals surface area contributed by atoms with Crippen molar-refractivity contribution in [2.24, 2.45) is 0 Å². The molecule has 2 heterocycles. The third-order valence-electron chi connectivity index (χ3n) is 4.24. The number of carbonyl (C=O) groups excluding carboxylic acids is 1. The predicted octanol–water partition coefficient (Wildman–Crippen LogP) is 6.76. The molecule has 1 aliphatic rings. The van der Waals surface area contributed by atoms with Gasteiger partial charge in [0.05, 0.1) is 21.8 Å². The van der Waals surface area contributed by atoms with Gasteiger partial charge in [0.15, 0.2) is 0 Å². The topological polar surface area (TPSA) is 42.2 Å². The number of alkyl halides is 3. The molecule has 0 saturated carbocycles. The van der Waals surface area contributed by atoms with E-state index >= 15 is 0 Å². The Hall–Kier alpha value is -2.70. The molecule has 1 amide bonds. The fraction of sp³-hybridized carbons (Fsp3) is 0.0500. The highest BCUT2D eigenvalue weighted by Crippen LogP contribution is 2.38. The van der Waals surface area contributed by atoms with Crippen molar-refractivity contribution in [2.45, 2.75) is 6.18 Å². The third-order valence-corrected chi connectivity index (χ3v) is 4.80. The minimum Gasteiger partial charge on any atom is -0.457 e. The van der Waals surface area contributed by atoms with Crippen molar-refractivity contribution in [3.05, 3.63) is 75.5 Å². The summed E-state index contributed by atoms with van der Waals surface area (Å²) >= 11 is 12.0. The summed E-state index contributed by atoms with van der Waals surface area (Å²) in [6.45, 7) is 0. The van der Waals surface area contributed by atoms with Crippen LogP contribution in [0.25, 0.3) is 23.0 Å². The summed E-state index contributed by atoms with van der Waals surface area (Å²) in [6, 6.07) is 11.1. The lowest BCUT2D eigenvalue weighted by Gasteiger charge is -2.09. The second kappa shape index (κ2) is 6.72. The summed E-state index contributed by atoms with van der Waals surface area (Å²) in [5.41, 5.74) is 0.886. The van der Waals surface area contributed by atoms with Crippen LogP contribution in [0.5, 0.6) is 0 Å². The molecule has 0 atom stereocenters. The maximum Gasteiger partial charge on any atom is 0.416 e. The number of benzene rings is 2. The van der Waals surface area contributed by atoms with Gasteiger partial charge in [-0.2, -0.15) is 13.2 Å². The number of nitrogens with one attached hydrogen (secondary N) is 1. The number of rotatable bonds is 2. The van der Waals surface area contributed by atoms with Gasteiger partial charge in [0.1, 0.15) is 11.5 Å². The van der Waals surface area contributed by atoms with E-state index in [9.17, 15) is 18.0 Å². The molecule has 0 radical (unpaired) electrons. The van der Waals surface area contributed by atoms with Gasteiger partial charge in [0.2, 0.25) is 0 Å². The quantitative estimate of drug-likeness (QED) is 0.462. The SMILES string of the molecule is O=C1Nc2cc(Cl)ccc2/C1=C\c1ccc(-c2cc(C(F)(F)F)ccc2Cl)o1. The van der Waals surface area contributed by atoms with Gasteiger partial charge in [-0.1, -0.05) is 29.3 Å². The van der Waals surface area contributed by atoms with Crippen molar-refractivity contribution in [2.75, 3.05) is 5.32 Å². The summed E-state index contributed by atoms with van der Waals surface area (Å²) in [5, 5.41) is 3.31. The van der Waals surface area contributed by atoms with E-state index in [0.717, 1.165) is 12.1 Å². The lowest BCUT2D eigenvalue weighted by Crippen LogP contribution is -2.04. The van der Waals surface area contributed by atoms with Crippen LogP contribution in [0.3, 0.4) is 0 Å². The van der Waals surface area contributed by atoms with Gasteiger partial charge < -0.3 is 9.73 Å². The zero-order valence-electron chi connectivity index (χ0n) is 13.9. The number of hydrogen-bond donors (Lipinski definition) is 1. The minimum absolute atomic E-state index is 0.115. The Morgan fingerprint density at radius 3 is 2.50 bits per heavy atom. The van der Waals surface area contributed by atoms with E-state index in [4.69, 9.17) is 27.6 Å². The molecule has 28 heavy (non-hydrogen) atoms. The molecule has 1 N–H and O–H groups in total. The van der Waals surface area contributed by atoms with Gasteiger partial charge in [-0.25, -0.2) is 0 Å². The van der Waals surface area contributed by atoms with Crippen LogP contribution in [0, 0.1) is 0 Å². The van der Waals surface area contributed by atoms with Crippen LogP contribution >= 0.6 is 23.2 Å². The Morgan fingerprint density at radius 2 is 1.75 bits per heavy atom. The van der Waals surface area contributed by atoms with Crippen LogP contribution in [0.1, 0.15) is 16.9 Å². The van der Waals surface area contributed by atoms with Gasteiger partial charge in [-0.05, 0) is 48.5 Å². The molecule has 3 nitrogen and oxygen atoms in total. The number of amides is 1. The number of hydrogen-bond acceptors (Lipinski definition) is 2. The molecule has 0 unspecified atom stereocenters. The molecule has 1 aromatic heterocycles. The van der Waals surface area contributed by atoms with Crippen molar-refractivity contribution in [1.82, 2.24) is 0 Å². The molecule has 3 aromatic rings. The van der Waals surface area contributed by atoms with E-state index in [2.05, 4.69) is 5.32 Å². The Balaban J connectivity index is 1.72. The summed E-state index contributed by atoms with van der Waals surface area (Å²) in [6.07, 6.45) is -2.98. The molecule has 4 rings (SSSR count). The summed E-state index contributed by atoms with van der Waals surface area (Å²) < 4.78 is 44.5. The molecule has 0 bridgehead atoms. The second-order valence-corrected chi connectivity index (χ2v) is 6.94. The highest BCUT2D eigenvalue weighted by molar-refractivity contribution is 6.36. The van der Waals surface area contributed by atoms with Crippen LogP contribution in [-0.2, 0) is 11.0 Å². The molecular formula is C20H10Cl2F3NO2. The van der Waals surface area contributed by atoms with Crippen molar-refractivity contribution >= 4 is 46.4 Å². The number of furan rings is 1. The summed E-state index contributed by atoms with van der Waals surface area (Å²) in [7, 11) is 0. The van der Waals surface area contributed by atoms with Crippen molar-refractivity contribution in [1.29, 1.82) is 0 Å². The highest BCUT2D eigenvalue weighted by atomic mass is 35.5. The maximum atomic E-state index is 13.0. The Bertz CT molecular complexity index is 1130. The van der Waals surface area contributed by atoms with Gasteiger partial charge in [0.25, 0.3) is 5.91 Å². The molecule has 1 aliphatic heterocycles. The first kappa shape index (κ1) is 18.7. The van der Waals surface area contributed by atoms with E-state index in [1.54, 1.807) is 24.3 Å². The standard InChI is InChI=1S/C20H10Cl2F3NO2/c21-11-2-4-13-14(19(27)26-17(13)8-11)9-12-3-6-18(28-12)15-7-10(20(23,24)25)1-5-16(15)22/h1-9H,(H,26,27)/b14-9+. The smallest absolute Gasteiger partial charge is 0.416 e. The summed E-state index contributed by atoms with van der Waals surface area (Å²) in [5.74, 6) is 0.140. The number of anilines is 1. The fourth-order valence-electron chi connectivity index (χ4n) is 2.92. The predicted molar refractivity (Wildman–Crippen MR) is 102 cm³/mol. The Kier molecular flexibility index (Phi) is 4.48. The Morgan fingerprint density at radius 1 is 0.964 bits per heavy atom. The average Bonchev–Trinajstić information content (AvgIpc) is 3.19. The van der Waals surface area contributed by atoms with E-state index in [1.807, 2.05) is 0 Å². The maximum absolute atomic E-state index is 13.0. The average molecular weight is 424 g/mol. The molecule has 0 fully saturated rings. The van der Waals surface area contributed by atoms with Crippen LogP contribution in [0.15, 0.2) is 52.9 Å². The zero-order chi connectivity index (χ0) is 20.1. The normalized spacial score (nSPS) is 15.0. The molecule has 142 valence electrons. The lowest BCUT2D eigenvalue weighted by molar-refractivity contribution is -0.137. The largest absolute Gasteiger partial charge is 0.457 e. The van der Waals surface area contributed by atoms with Crippen LogP contribution in [0.4, 0.5) is 18.9 Å². The number of halogens is 5. The zero-order valence-corrected chi connectivity index (χ0v) is 15.4.